The largest absolute Gasteiger partial charge is 0.486 e. The fourth-order valence-corrected chi connectivity index (χ4v) is 7.24. The quantitative estimate of drug-likeness (QED) is 0.165. The lowest BCUT2D eigenvalue weighted by Crippen LogP contribution is -2.11. The number of rotatable bonds is 8. The molecule has 9 rings (SSSR count). The number of fused-ring (bicyclic) bond motifs is 4. The lowest BCUT2D eigenvalue weighted by molar-refractivity contribution is 0.312. The Morgan fingerprint density at radius 1 is 0.510 bits per heavy atom. The van der Waals surface area contributed by atoms with Crippen LogP contribution in [0.1, 0.15) is 5.56 Å². The van der Waals surface area contributed by atoms with Gasteiger partial charge in [0, 0.05) is 38.8 Å². The van der Waals surface area contributed by atoms with Gasteiger partial charge < -0.3 is 19.9 Å². The van der Waals surface area contributed by atoms with E-state index in [1.165, 1.54) is 21.8 Å². The molecule has 0 aliphatic heterocycles. The monoisotopic (exact) mass is 657 g/mol. The summed E-state index contributed by atoms with van der Waals surface area (Å²) in [6.45, 7) is 0.430. The summed E-state index contributed by atoms with van der Waals surface area (Å²) in [5.74, 6) is 0.691. The molecule has 0 spiro atoms. The van der Waals surface area contributed by atoms with Crippen molar-refractivity contribution in [2.24, 2.45) is 0 Å². The molecular formula is C47H35N3O. The number of hydrogen-bond acceptors (Lipinski definition) is 3. The van der Waals surface area contributed by atoms with Crippen molar-refractivity contribution in [3.63, 3.8) is 0 Å². The molecule has 0 bridgehead atoms. The number of anilines is 4. The van der Waals surface area contributed by atoms with E-state index in [4.69, 9.17) is 10.5 Å². The molecule has 8 aromatic carbocycles. The van der Waals surface area contributed by atoms with Crippen LogP contribution in [0.15, 0.2) is 188 Å². The Bertz CT molecular complexity index is 2590. The zero-order valence-electron chi connectivity index (χ0n) is 28.0. The highest BCUT2D eigenvalue weighted by Crippen LogP contribution is 2.44. The van der Waals surface area contributed by atoms with Crippen molar-refractivity contribution in [1.82, 2.24) is 4.57 Å². The minimum atomic E-state index is 0.430. The lowest BCUT2D eigenvalue weighted by Gasteiger charge is -2.28. The molecule has 0 atom stereocenters. The van der Waals surface area contributed by atoms with Gasteiger partial charge in [-0.3, -0.25) is 0 Å². The minimum Gasteiger partial charge on any atom is -0.486 e. The van der Waals surface area contributed by atoms with E-state index in [1.54, 1.807) is 0 Å². The normalized spacial score (nSPS) is 11.3. The van der Waals surface area contributed by atoms with Crippen molar-refractivity contribution >= 4 is 55.3 Å². The molecule has 0 fully saturated rings. The first-order valence-corrected chi connectivity index (χ1v) is 17.3. The van der Waals surface area contributed by atoms with Crippen molar-refractivity contribution in [2.75, 3.05) is 10.6 Å². The van der Waals surface area contributed by atoms with Gasteiger partial charge in [-0.25, -0.2) is 0 Å². The summed E-state index contributed by atoms with van der Waals surface area (Å²) in [7, 11) is 0. The highest BCUT2D eigenvalue weighted by Gasteiger charge is 2.20. The van der Waals surface area contributed by atoms with E-state index in [0.29, 0.717) is 18.0 Å². The second-order valence-electron chi connectivity index (χ2n) is 12.8. The van der Waals surface area contributed by atoms with E-state index in [-0.39, 0.29) is 0 Å². The SMILES string of the molecule is Nc1ccc2ccc(N(c3ccc(-n4c5ccccc5c5ccccc54)cc3)c3ccccc3-c3ccccc3)cc2c1OCc1ccccc1. The third-order valence-electron chi connectivity index (χ3n) is 9.65. The molecule has 1 aromatic heterocycles. The Morgan fingerprint density at radius 2 is 1.10 bits per heavy atom. The van der Waals surface area contributed by atoms with Crippen molar-refractivity contribution < 1.29 is 4.74 Å². The third-order valence-corrected chi connectivity index (χ3v) is 9.65. The maximum atomic E-state index is 6.60. The van der Waals surface area contributed by atoms with Gasteiger partial charge in [0.1, 0.15) is 6.61 Å². The molecular weight excluding hydrogens is 623 g/mol. The van der Waals surface area contributed by atoms with Gasteiger partial charge in [0.05, 0.1) is 22.4 Å². The minimum absolute atomic E-state index is 0.430. The Morgan fingerprint density at radius 3 is 1.82 bits per heavy atom. The molecule has 244 valence electrons. The molecule has 0 radical (unpaired) electrons. The summed E-state index contributed by atoms with van der Waals surface area (Å²) in [6, 6.07) is 66.0. The summed E-state index contributed by atoms with van der Waals surface area (Å²) < 4.78 is 8.81. The standard InChI is InChI=1S/C47H35N3O/c48-43-30-24-35-23-25-38(31-42(35)47(43)51-32-33-13-3-1-4-14-33)49(44-20-10-7-17-39(44)34-15-5-2-6-16-34)36-26-28-37(29-27-36)50-45-21-11-8-18-40(45)41-19-9-12-22-46(41)50/h1-31H,32,48H2. The second kappa shape index (κ2) is 12.9. The number of benzene rings is 8. The van der Waals surface area contributed by atoms with Crippen LogP contribution in [0.5, 0.6) is 5.75 Å². The Labute approximate surface area is 297 Å². The molecule has 0 unspecified atom stereocenters. The molecule has 4 heteroatoms. The molecule has 0 aliphatic rings. The van der Waals surface area contributed by atoms with Crippen LogP contribution in [0.3, 0.4) is 0 Å². The average molecular weight is 658 g/mol. The highest BCUT2D eigenvalue weighted by atomic mass is 16.5. The second-order valence-corrected chi connectivity index (χ2v) is 12.8. The molecule has 2 N–H and O–H groups in total. The van der Waals surface area contributed by atoms with Crippen molar-refractivity contribution in [1.29, 1.82) is 0 Å². The van der Waals surface area contributed by atoms with Crippen LogP contribution in [-0.2, 0) is 6.61 Å². The number of ether oxygens (including phenoxy) is 1. The summed E-state index contributed by atoms with van der Waals surface area (Å²) in [6.07, 6.45) is 0. The van der Waals surface area contributed by atoms with Gasteiger partial charge >= 0.3 is 0 Å². The Balaban J connectivity index is 1.21. The van der Waals surface area contributed by atoms with Crippen molar-refractivity contribution in [2.45, 2.75) is 6.61 Å². The van der Waals surface area contributed by atoms with Crippen LogP contribution in [-0.4, -0.2) is 4.57 Å². The fourth-order valence-electron chi connectivity index (χ4n) is 7.24. The van der Waals surface area contributed by atoms with Crippen molar-refractivity contribution in [3.05, 3.63) is 194 Å². The topological polar surface area (TPSA) is 43.4 Å². The molecule has 51 heavy (non-hydrogen) atoms. The summed E-state index contributed by atoms with van der Waals surface area (Å²) >= 11 is 0. The maximum Gasteiger partial charge on any atom is 0.150 e. The van der Waals surface area contributed by atoms with Gasteiger partial charge in [0.25, 0.3) is 0 Å². The van der Waals surface area contributed by atoms with E-state index in [1.807, 2.05) is 24.3 Å². The third kappa shape index (κ3) is 5.53. The zero-order chi connectivity index (χ0) is 34.1. The van der Waals surface area contributed by atoms with Crippen LogP contribution in [0.2, 0.25) is 0 Å². The van der Waals surface area contributed by atoms with E-state index < -0.39 is 0 Å². The predicted octanol–water partition coefficient (Wildman–Crippen LogP) is 12.2. The Kier molecular flexibility index (Phi) is 7.67. The van der Waals surface area contributed by atoms with Crippen LogP contribution >= 0.6 is 0 Å². The van der Waals surface area contributed by atoms with E-state index >= 15 is 0 Å². The summed E-state index contributed by atoms with van der Waals surface area (Å²) in [5, 5.41) is 4.52. The van der Waals surface area contributed by atoms with E-state index in [0.717, 1.165) is 50.2 Å². The zero-order valence-corrected chi connectivity index (χ0v) is 28.0. The van der Waals surface area contributed by atoms with Crippen LogP contribution in [0, 0.1) is 0 Å². The number of hydrogen-bond donors (Lipinski definition) is 1. The highest BCUT2D eigenvalue weighted by molar-refractivity contribution is 6.09. The molecule has 9 aromatic rings. The Hall–Kier alpha value is -6.78. The number of aromatic nitrogens is 1. The van der Waals surface area contributed by atoms with Gasteiger partial charge in [0.2, 0.25) is 0 Å². The fraction of sp³-hybridized carbons (Fsp3) is 0.0213. The van der Waals surface area contributed by atoms with Crippen LogP contribution in [0.4, 0.5) is 22.7 Å². The number of nitrogen functional groups attached to an aromatic ring is 1. The van der Waals surface area contributed by atoms with E-state index in [2.05, 4.69) is 173 Å². The number of nitrogens with zero attached hydrogens (tertiary/aromatic N) is 2. The van der Waals surface area contributed by atoms with Gasteiger partial charge in [-0.2, -0.15) is 0 Å². The van der Waals surface area contributed by atoms with Crippen LogP contribution in [0.25, 0.3) is 49.4 Å². The molecule has 0 aliphatic carbocycles. The first-order valence-electron chi connectivity index (χ1n) is 17.3. The van der Waals surface area contributed by atoms with Gasteiger partial charge in [-0.15, -0.1) is 0 Å². The lowest BCUT2D eigenvalue weighted by atomic mass is 10.0. The maximum absolute atomic E-state index is 6.60. The molecule has 1 heterocycles. The molecule has 4 nitrogen and oxygen atoms in total. The van der Waals surface area contributed by atoms with Gasteiger partial charge in [-0.05, 0) is 77.2 Å². The number of para-hydroxylation sites is 3. The summed E-state index contributed by atoms with van der Waals surface area (Å²) in [5.41, 5.74) is 17.2. The van der Waals surface area contributed by atoms with Gasteiger partial charge in [-0.1, -0.05) is 127 Å². The van der Waals surface area contributed by atoms with Crippen molar-refractivity contribution in [3.8, 4) is 22.6 Å². The molecule has 0 saturated carbocycles. The number of nitrogens with two attached hydrogens (primary N) is 1. The first-order chi connectivity index (χ1) is 25.2. The predicted molar refractivity (Wildman–Crippen MR) is 214 cm³/mol. The molecule has 0 amide bonds. The van der Waals surface area contributed by atoms with Gasteiger partial charge in [0.15, 0.2) is 5.75 Å². The smallest absolute Gasteiger partial charge is 0.150 e. The van der Waals surface area contributed by atoms with E-state index in [9.17, 15) is 0 Å². The summed E-state index contributed by atoms with van der Waals surface area (Å²) in [4.78, 5) is 2.33. The molecule has 0 saturated heterocycles. The first kappa shape index (κ1) is 30.3. The average Bonchev–Trinajstić information content (AvgIpc) is 3.53. The van der Waals surface area contributed by atoms with Crippen LogP contribution < -0.4 is 15.4 Å².